The van der Waals surface area contributed by atoms with Crippen LogP contribution in [0.3, 0.4) is 0 Å². The molecule has 0 aromatic heterocycles. The van der Waals surface area contributed by atoms with E-state index in [0.29, 0.717) is 24.5 Å². The summed E-state index contributed by atoms with van der Waals surface area (Å²) in [7, 11) is 0. The van der Waals surface area contributed by atoms with E-state index in [4.69, 9.17) is 0 Å². The molecule has 0 amide bonds. The van der Waals surface area contributed by atoms with E-state index in [-0.39, 0.29) is 5.92 Å². The van der Waals surface area contributed by atoms with Crippen molar-refractivity contribution < 1.29 is 9.59 Å². The number of rotatable bonds is 3. The number of carbonyl (C=O) groups excluding carboxylic acids is 2. The maximum atomic E-state index is 11.6. The zero-order valence-corrected chi connectivity index (χ0v) is 10.2. The standard InChI is InChI=1S/C15H20O2/c16-11-13-6-7-15(17)10-14(9-13)8-12-4-2-1-3-5-12/h2,4-5,11,13-14H,1,3,6-10H2/t13-,14?/m1/s1. The van der Waals surface area contributed by atoms with Gasteiger partial charge < -0.3 is 4.79 Å². The fraction of sp³-hybridized carbons (Fsp3) is 0.600. The summed E-state index contributed by atoms with van der Waals surface area (Å²) >= 11 is 0. The molecule has 2 heteroatoms. The van der Waals surface area contributed by atoms with E-state index in [9.17, 15) is 9.59 Å². The van der Waals surface area contributed by atoms with Gasteiger partial charge in [0.2, 0.25) is 0 Å². The van der Waals surface area contributed by atoms with Crippen molar-refractivity contribution in [1.29, 1.82) is 0 Å². The molecule has 1 fully saturated rings. The number of hydrogen-bond donors (Lipinski definition) is 0. The van der Waals surface area contributed by atoms with Gasteiger partial charge in [0, 0.05) is 18.8 Å². The lowest BCUT2D eigenvalue weighted by atomic mass is 9.87. The van der Waals surface area contributed by atoms with Crippen LogP contribution in [0.1, 0.15) is 44.9 Å². The van der Waals surface area contributed by atoms with E-state index >= 15 is 0 Å². The smallest absolute Gasteiger partial charge is 0.133 e. The Hall–Kier alpha value is -1.18. The fourth-order valence-electron chi connectivity index (χ4n) is 2.83. The highest BCUT2D eigenvalue weighted by molar-refractivity contribution is 5.79. The number of carbonyl (C=O) groups is 2. The van der Waals surface area contributed by atoms with Crippen LogP contribution in [0.25, 0.3) is 0 Å². The van der Waals surface area contributed by atoms with Gasteiger partial charge in [-0.25, -0.2) is 0 Å². The Morgan fingerprint density at radius 3 is 2.94 bits per heavy atom. The molecule has 2 aliphatic rings. The lowest BCUT2D eigenvalue weighted by Gasteiger charge is -2.17. The third-order valence-corrected chi connectivity index (χ3v) is 3.74. The average Bonchev–Trinajstić information content (AvgIpc) is 2.52. The molecule has 1 saturated carbocycles. The molecule has 0 saturated heterocycles. The molecule has 0 radical (unpaired) electrons. The molecule has 92 valence electrons. The largest absolute Gasteiger partial charge is 0.303 e. The molecule has 0 heterocycles. The Labute approximate surface area is 103 Å². The van der Waals surface area contributed by atoms with E-state index in [1.54, 1.807) is 0 Å². The Kier molecular flexibility index (Phi) is 4.29. The van der Waals surface area contributed by atoms with Crippen molar-refractivity contribution in [2.24, 2.45) is 11.8 Å². The molecule has 0 bridgehead atoms. The molecule has 17 heavy (non-hydrogen) atoms. The third-order valence-electron chi connectivity index (χ3n) is 3.74. The molecule has 1 unspecified atom stereocenters. The highest BCUT2D eigenvalue weighted by Crippen LogP contribution is 2.30. The third kappa shape index (κ3) is 3.65. The van der Waals surface area contributed by atoms with Crippen LogP contribution >= 0.6 is 0 Å². The maximum Gasteiger partial charge on any atom is 0.133 e. The maximum absolute atomic E-state index is 11.6. The highest BCUT2D eigenvalue weighted by Gasteiger charge is 2.24. The number of allylic oxidation sites excluding steroid dienone is 4. The van der Waals surface area contributed by atoms with Crippen LogP contribution in [-0.4, -0.2) is 12.1 Å². The van der Waals surface area contributed by atoms with Gasteiger partial charge in [-0.15, -0.1) is 0 Å². The molecule has 0 N–H and O–H groups in total. The van der Waals surface area contributed by atoms with Gasteiger partial charge in [-0.1, -0.05) is 23.8 Å². The summed E-state index contributed by atoms with van der Waals surface area (Å²) < 4.78 is 0. The Morgan fingerprint density at radius 1 is 1.35 bits per heavy atom. The predicted octanol–water partition coefficient (Wildman–Crippen LogP) is 3.23. The van der Waals surface area contributed by atoms with Crippen molar-refractivity contribution in [2.45, 2.75) is 44.9 Å². The molecule has 2 nitrogen and oxygen atoms in total. The summed E-state index contributed by atoms with van der Waals surface area (Å²) in [5, 5.41) is 0. The molecule has 2 rings (SSSR count). The van der Waals surface area contributed by atoms with Crippen LogP contribution in [0.5, 0.6) is 0 Å². The number of hydrogen-bond acceptors (Lipinski definition) is 2. The Balaban J connectivity index is 1.97. The summed E-state index contributed by atoms with van der Waals surface area (Å²) in [6.45, 7) is 0. The second kappa shape index (κ2) is 5.95. The van der Waals surface area contributed by atoms with Crippen molar-refractivity contribution >= 4 is 12.1 Å². The van der Waals surface area contributed by atoms with Crippen LogP contribution in [0.4, 0.5) is 0 Å². The van der Waals surface area contributed by atoms with E-state index < -0.39 is 0 Å². The number of aldehydes is 1. The first-order chi connectivity index (χ1) is 8.28. The second-order valence-corrected chi connectivity index (χ2v) is 5.24. The monoisotopic (exact) mass is 232 g/mol. The second-order valence-electron chi connectivity index (χ2n) is 5.24. The normalized spacial score (nSPS) is 29.6. The minimum Gasteiger partial charge on any atom is -0.303 e. The summed E-state index contributed by atoms with van der Waals surface area (Å²) in [6.07, 6.45) is 13.8. The van der Waals surface area contributed by atoms with Gasteiger partial charge in [0.1, 0.15) is 12.1 Å². The fourth-order valence-corrected chi connectivity index (χ4v) is 2.83. The lowest BCUT2D eigenvalue weighted by molar-refractivity contribution is -0.119. The van der Waals surface area contributed by atoms with Gasteiger partial charge in [-0.3, -0.25) is 4.79 Å². The minimum absolute atomic E-state index is 0.0969. The molecule has 0 aromatic carbocycles. The van der Waals surface area contributed by atoms with E-state index in [0.717, 1.165) is 38.4 Å². The molecule has 2 aliphatic carbocycles. The van der Waals surface area contributed by atoms with E-state index in [2.05, 4.69) is 18.2 Å². The predicted molar refractivity (Wildman–Crippen MR) is 67.6 cm³/mol. The van der Waals surface area contributed by atoms with E-state index in [1.165, 1.54) is 5.57 Å². The number of Topliss-reactive ketones (excluding diaryl/α,β-unsaturated/α-hetero) is 1. The van der Waals surface area contributed by atoms with Crippen molar-refractivity contribution in [3.8, 4) is 0 Å². The van der Waals surface area contributed by atoms with Crippen molar-refractivity contribution in [1.82, 2.24) is 0 Å². The summed E-state index contributed by atoms with van der Waals surface area (Å²) in [4.78, 5) is 22.6. The van der Waals surface area contributed by atoms with Crippen LogP contribution in [-0.2, 0) is 9.59 Å². The van der Waals surface area contributed by atoms with Crippen molar-refractivity contribution in [2.75, 3.05) is 0 Å². The van der Waals surface area contributed by atoms with Crippen LogP contribution < -0.4 is 0 Å². The Bertz CT molecular complexity index is 352. The van der Waals surface area contributed by atoms with Gasteiger partial charge in [-0.05, 0) is 38.0 Å². The van der Waals surface area contributed by atoms with Crippen molar-refractivity contribution in [3.05, 3.63) is 23.8 Å². The quantitative estimate of drug-likeness (QED) is 0.553. The van der Waals surface area contributed by atoms with Gasteiger partial charge in [-0.2, -0.15) is 0 Å². The van der Waals surface area contributed by atoms with Crippen LogP contribution in [0.2, 0.25) is 0 Å². The van der Waals surface area contributed by atoms with Gasteiger partial charge in [0.15, 0.2) is 0 Å². The molecular weight excluding hydrogens is 212 g/mol. The van der Waals surface area contributed by atoms with Crippen molar-refractivity contribution in [3.63, 3.8) is 0 Å². The Morgan fingerprint density at radius 2 is 2.24 bits per heavy atom. The van der Waals surface area contributed by atoms with Gasteiger partial charge >= 0.3 is 0 Å². The summed E-state index contributed by atoms with van der Waals surface area (Å²) in [5.74, 6) is 0.800. The van der Waals surface area contributed by atoms with E-state index in [1.807, 2.05) is 0 Å². The molecule has 0 aliphatic heterocycles. The zero-order valence-electron chi connectivity index (χ0n) is 10.2. The summed E-state index contributed by atoms with van der Waals surface area (Å²) in [6, 6.07) is 0. The zero-order chi connectivity index (χ0) is 12.1. The van der Waals surface area contributed by atoms with Gasteiger partial charge in [0.05, 0.1) is 0 Å². The van der Waals surface area contributed by atoms with Crippen LogP contribution in [0.15, 0.2) is 23.8 Å². The number of ketones is 1. The highest BCUT2D eigenvalue weighted by atomic mass is 16.1. The van der Waals surface area contributed by atoms with Gasteiger partial charge in [0.25, 0.3) is 0 Å². The summed E-state index contributed by atoms with van der Waals surface area (Å²) in [5.41, 5.74) is 1.35. The first-order valence-corrected chi connectivity index (χ1v) is 6.60. The van der Waals surface area contributed by atoms with Crippen LogP contribution in [0, 0.1) is 11.8 Å². The molecule has 2 atom stereocenters. The first kappa shape index (κ1) is 12.3. The first-order valence-electron chi connectivity index (χ1n) is 6.60. The molecular formula is C15H20O2. The topological polar surface area (TPSA) is 34.1 Å². The lowest BCUT2D eigenvalue weighted by Crippen LogP contribution is -2.09. The average molecular weight is 232 g/mol. The molecule has 0 aromatic rings. The molecule has 0 spiro atoms. The SMILES string of the molecule is O=C[C@@H]1CCC(=O)CC(CC2=CCCC=C2)C1. The minimum atomic E-state index is 0.0969.